The molecule has 2 aromatic heterocycles. The maximum Gasteiger partial charge on any atom is 0.405 e. The van der Waals surface area contributed by atoms with E-state index in [4.69, 9.17) is 20.2 Å². The molecule has 3 aromatic rings. The van der Waals surface area contributed by atoms with Gasteiger partial charge in [-0.05, 0) is 45.9 Å². The maximum absolute atomic E-state index is 12.8. The molecule has 2 aliphatic rings. The Morgan fingerprint density at radius 2 is 1.89 bits per heavy atom. The average Bonchev–Trinajstić information content (AvgIpc) is 3.42. The first-order chi connectivity index (χ1) is 16.5. The Hall–Kier alpha value is -2.54. The van der Waals surface area contributed by atoms with Gasteiger partial charge in [-0.3, -0.25) is 0 Å². The number of hydrogen-bond donors (Lipinski definition) is 3. The molecule has 8 nitrogen and oxygen atoms in total. The summed E-state index contributed by atoms with van der Waals surface area (Å²) in [6.45, 7) is 4.66. The molecule has 0 radical (unpaired) electrons. The van der Waals surface area contributed by atoms with Crippen molar-refractivity contribution < 1.29 is 22.6 Å². The van der Waals surface area contributed by atoms with E-state index in [1.165, 1.54) is 11.3 Å². The summed E-state index contributed by atoms with van der Waals surface area (Å²) in [5, 5.41) is 6.42. The summed E-state index contributed by atoms with van der Waals surface area (Å²) in [6.07, 6.45) is -4.17. The van der Waals surface area contributed by atoms with Gasteiger partial charge in [-0.2, -0.15) is 18.2 Å². The first-order valence-electron chi connectivity index (χ1n) is 11.4. The van der Waals surface area contributed by atoms with Crippen LogP contribution in [0.1, 0.15) is 26.0 Å². The van der Waals surface area contributed by atoms with Gasteiger partial charge in [-0.15, -0.1) is 11.3 Å². The predicted molar refractivity (Wildman–Crippen MR) is 128 cm³/mol. The highest BCUT2D eigenvalue weighted by atomic mass is 32.1. The van der Waals surface area contributed by atoms with Gasteiger partial charge in [0.1, 0.15) is 23.5 Å². The molecular weight excluding hydrogens is 481 g/mol. The number of benzene rings is 1. The zero-order valence-electron chi connectivity index (χ0n) is 19.5. The lowest BCUT2D eigenvalue weighted by Crippen LogP contribution is -2.35. The van der Waals surface area contributed by atoms with Gasteiger partial charge in [0.2, 0.25) is 5.95 Å². The van der Waals surface area contributed by atoms with Crippen molar-refractivity contribution in [3.63, 3.8) is 0 Å². The van der Waals surface area contributed by atoms with Crippen molar-refractivity contribution in [3.05, 3.63) is 30.0 Å². The number of anilines is 2. The number of ether oxygens (including phenoxy) is 2. The molecule has 1 saturated carbocycles. The van der Waals surface area contributed by atoms with Crippen molar-refractivity contribution in [2.24, 2.45) is 11.7 Å². The third-order valence-corrected chi connectivity index (χ3v) is 7.30. The number of nitrogens with two attached hydrogens (primary N) is 1. The van der Waals surface area contributed by atoms with Crippen LogP contribution in [0.5, 0.6) is 0 Å². The summed E-state index contributed by atoms with van der Waals surface area (Å²) in [5.41, 5.74) is 8.00. The summed E-state index contributed by atoms with van der Waals surface area (Å²) in [7, 11) is 0. The highest BCUT2D eigenvalue weighted by Crippen LogP contribution is 2.44. The zero-order valence-corrected chi connectivity index (χ0v) is 20.3. The normalized spacial score (nSPS) is 25.7. The minimum absolute atomic E-state index is 0.0796. The molecule has 1 aliphatic carbocycles. The number of aromatic nitrogens is 3. The Morgan fingerprint density at radius 3 is 2.60 bits per heavy atom. The second-order valence-corrected chi connectivity index (χ2v) is 10.4. The third kappa shape index (κ3) is 4.92. The minimum Gasteiger partial charge on any atom is -0.364 e. The Kier molecular flexibility index (Phi) is 6.10. The first-order valence-corrected chi connectivity index (χ1v) is 12.2. The number of nitrogens with zero attached hydrogens (tertiary/aromatic N) is 3. The zero-order chi connectivity index (χ0) is 25.0. The third-order valence-electron chi connectivity index (χ3n) is 6.25. The van der Waals surface area contributed by atoms with Gasteiger partial charge in [0.05, 0.1) is 33.6 Å². The standard InChI is InChI=1S/C23H27F3N6O2S/c1-11-16(20-31-13-6-4-5-7-15(13)35-20)19(32-21(29-11)28-10-23(24,25)26)30-14-8-12(9-27)17-18(14)34-22(2,3)33-17/h4-7,12,14,17-18H,8-10,27H2,1-3H3,(H2,28,29,30,32). The molecule has 4 N–H and O–H groups in total. The van der Waals surface area contributed by atoms with Crippen LogP contribution in [-0.2, 0) is 9.47 Å². The highest BCUT2D eigenvalue weighted by molar-refractivity contribution is 7.21. The monoisotopic (exact) mass is 508 g/mol. The van der Waals surface area contributed by atoms with Crippen LogP contribution < -0.4 is 16.4 Å². The van der Waals surface area contributed by atoms with E-state index in [2.05, 4.69) is 20.6 Å². The fourth-order valence-electron chi connectivity index (χ4n) is 4.81. The van der Waals surface area contributed by atoms with Crippen LogP contribution in [0.15, 0.2) is 24.3 Å². The molecule has 5 rings (SSSR count). The van der Waals surface area contributed by atoms with Crippen LogP contribution in [0.2, 0.25) is 0 Å². The van der Waals surface area contributed by atoms with Crippen LogP contribution in [0.4, 0.5) is 24.9 Å². The molecule has 4 atom stereocenters. The van der Waals surface area contributed by atoms with Crippen molar-refractivity contribution in [1.82, 2.24) is 15.0 Å². The summed E-state index contributed by atoms with van der Waals surface area (Å²) in [4.78, 5) is 13.5. The Labute approximate surface area is 204 Å². The van der Waals surface area contributed by atoms with E-state index in [-0.39, 0.29) is 30.1 Å². The number of aryl methyl sites for hydroxylation is 1. The van der Waals surface area contributed by atoms with E-state index < -0.39 is 18.5 Å². The molecule has 2 fully saturated rings. The smallest absolute Gasteiger partial charge is 0.364 e. The van der Waals surface area contributed by atoms with Crippen LogP contribution in [0.25, 0.3) is 20.8 Å². The van der Waals surface area contributed by atoms with Crippen molar-refractivity contribution in [3.8, 4) is 10.6 Å². The summed E-state index contributed by atoms with van der Waals surface area (Å²) in [6, 6.07) is 7.52. The van der Waals surface area contributed by atoms with Crippen molar-refractivity contribution in [1.29, 1.82) is 0 Å². The molecule has 1 aliphatic heterocycles. The summed E-state index contributed by atoms with van der Waals surface area (Å²) >= 11 is 1.48. The fourth-order valence-corrected chi connectivity index (χ4v) is 5.87. The lowest BCUT2D eigenvalue weighted by molar-refractivity contribution is -0.156. The fraction of sp³-hybridized carbons (Fsp3) is 0.522. The molecular formula is C23H27F3N6O2S. The molecule has 35 heavy (non-hydrogen) atoms. The number of thiazole rings is 1. The quantitative estimate of drug-likeness (QED) is 0.452. The Bertz CT molecular complexity index is 1200. The van der Waals surface area contributed by atoms with Crippen LogP contribution >= 0.6 is 11.3 Å². The van der Waals surface area contributed by atoms with E-state index in [0.717, 1.165) is 10.2 Å². The Morgan fingerprint density at radius 1 is 1.14 bits per heavy atom. The largest absolute Gasteiger partial charge is 0.405 e. The van der Waals surface area contributed by atoms with E-state index in [0.29, 0.717) is 35.0 Å². The Balaban J connectivity index is 1.53. The SMILES string of the molecule is Cc1nc(NCC(F)(F)F)nc(NC2CC(CN)C3OC(C)(C)OC23)c1-c1nc2ccccc2s1. The topological polar surface area (TPSA) is 107 Å². The van der Waals surface area contributed by atoms with Crippen LogP contribution in [0.3, 0.4) is 0 Å². The average molecular weight is 509 g/mol. The number of nitrogens with one attached hydrogen (secondary N) is 2. The summed E-state index contributed by atoms with van der Waals surface area (Å²) in [5.74, 6) is -0.382. The van der Waals surface area contributed by atoms with Gasteiger partial charge < -0.3 is 25.8 Å². The van der Waals surface area contributed by atoms with Gasteiger partial charge in [0.25, 0.3) is 0 Å². The maximum atomic E-state index is 12.8. The van der Waals surface area contributed by atoms with Gasteiger partial charge >= 0.3 is 6.18 Å². The molecule has 12 heteroatoms. The van der Waals surface area contributed by atoms with E-state index in [9.17, 15) is 13.2 Å². The van der Waals surface area contributed by atoms with Crippen molar-refractivity contribution in [2.45, 2.75) is 57.4 Å². The predicted octanol–water partition coefficient (Wildman–Crippen LogP) is 4.32. The lowest BCUT2D eigenvalue weighted by atomic mass is 10.1. The van der Waals surface area contributed by atoms with Gasteiger partial charge in [0.15, 0.2) is 5.79 Å². The second-order valence-electron chi connectivity index (χ2n) is 9.36. The highest BCUT2D eigenvalue weighted by Gasteiger charge is 2.53. The van der Waals surface area contributed by atoms with Gasteiger partial charge in [-0.1, -0.05) is 12.1 Å². The number of halogens is 3. The summed E-state index contributed by atoms with van der Waals surface area (Å²) < 4.78 is 51.8. The second kappa shape index (κ2) is 8.84. The molecule has 188 valence electrons. The molecule has 1 aromatic carbocycles. The number of para-hydroxylation sites is 1. The number of alkyl halides is 3. The van der Waals surface area contributed by atoms with Crippen LogP contribution in [0, 0.1) is 12.8 Å². The molecule has 4 unspecified atom stereocenters. The van der Waals surface area contributed by atoms with E-state index in [1.807, 2.05) is 38.1 Å². The minimum atomic E-state index is -4.40. The molecule has 0 bridgehead atoms. The van der Waals surface area contributed by atoms with E-state index >= 15 is 0 Å². The molecule has 1 saturated heterocycles. The number of fused-ring (bicyclic) bond motifs is 2. The number of hydrogen-bond acceptors (Lipinski definition) is 9. The van der Waals surface area contributed by atoms with Gasteiger partial charge in [-0.25, -0.2) is 9.97 Å². The molecule has 0 spiro atoms. The number of rotatable bonds is 6. The lowest BCUT2D eigenvalue weighted by Gasteiger charge is -2.25. The first kappa shape index (κ1) is 24.2. The van der Waals surface area contributed by atoms with Gasteiger partial charge in [0, 0.05) is 5.92 Å². The molecule has 0 amide bonds. The van der Waals surface area contributed by atoms with Crippen molar-refractivity contribution in [2.75, 3.05) is 23.7 Å². The molecule has 3 heterocycles. The van der Waals surface area contributed by atoms with E-state index in [1.54, 1.807) is 6.92 Å². The van der Waals surface area contributed by atoms with Crippen molar-refractivity contribution >= 4 is 33.3 Å². The van der Waals surface area contributed by atoms with Crippen LogP contribution in [-0.4, -0.2) is 58.3 Å².